The van der Waals surface area contributed by atoms with Crippen LogP contribution in [0.25, 0.3) is 11.9 Å². The normalized spacial score (nSPS) is 14.6. The Kier molecular flexibility index (Phi) is 11.1. The first-order valence-electron chi connectivity index (χ1n) is 11.0. The molecule has 0 bridgehead atoms. The Morgan fingerprint density at radius 2 is 1.60 bits per heavy atom. The molecular weight excluding hydrogens is 623 g/mol. The highest BCUT2D eigenvalue weighted by Gasteiger charge is 2.41. The maximum atomic E-state index is 15.0. The minimum atomic E-state index is -5.23. The van der Waals surface area contributed by atoms with Crippen molar-refractivity contribution in [1.82, 2.24) is 5.32 Å². The average molecular weight is 642 g/mol. The summed E-state index contributed by atoms with van der Waals surface area (Å²) < 4.78 is 135. The van der Waals surface area contributed by atoms with Crippen LogP contribution in [0.15, 0.2) is 43.0 Å². The van der Waals surface area contributed by atoms with E-state index in [9.17, 15) is 44.3 Å². The molecule has 2 rings (SSSR count). The minimum Gasteiger partial charge on any atom is -0.349 e. The summed E-state index contributed by atoms with van der Waals surface area (Å²) in [4.78, 5) is 12.4. The number of carbonyl (C=O) groups is 1. The molecular formula is C25H19Cl2F10NOS. The van der Waals surface area contributed by atoms with Crippen LogP contribution in [0.4, 0.5) is 43.9 Å². The average Bonchev–Trinajstić information content (AvgIpc) is 2.79. The summed E-state index contributed by atoms with van der Waals surface area (Å²) in [6.45, 7) is 4.69. The Hall–Kier alpha value is -2.38. The molecule has 0 aromatic heterocycles. The van der Waals surface area contributed by atoms with Crippen LogP contribution in [-0.2, 0) is 6.18 Å². The van der Waals surface area contributed by atoms with Gasteiger partial charge in [-0.2, -0.15) is 51.3 Å². The quantitative estimate of drug-likeness (QED) is 0.276. The third kappa shape index (κ3) is 9.34. The molecule has 1 amide bonds. The fraction of sp³-hybridized carbons (Fsp3) is 0.320. The number of carbonyl (C=O) groups excluding carboxylic acids is 1. The lowest BCUT2D eigenvalue weighted by Crippen LogP contribution is -2.35. The minimum absolute atomic E-state index is 0.0464. The molecule has 15 heteroatoms. The van der Waals surface area contributed by atoms with Crippen LogP contribution in [0.2, 0.25) is 10.0 Å². The van der Waals surface area contributed by atoms with Crippen LogP contribution in [0, 0.1) is 0 Å². The van der Waals surface area contributed by atoms with E-state index < -0.39 is 70.2 Å². The summed E-state index contributed by atoms with van der Waals surface area (Å²) >= 11 is 12.3. The van der Waals surface area contributed by atoms with Gasteiger partial charge in [-0.15, -0.1) is 0 Å². The molecule has 0 saturated heterocycles. The van der Waals surface area contributed by atoms with Crippen LogP contribution in [0.1, 0.15) is 45.5 Å². The second kappa shape index (κ2) is 13.1. The molecule has 2 aromatic rings. The summed E-state index contributed by atoms with van der Waals surface area (Å²) in [6.07, 6.45) is -13.6. The number of alkyl halides is 9. The van der Waals surface area contributed by atoms with Gasteiger partial charge in [0.25, 0.3) is 5.91 Å². The first-order valence-corrected chi connectivity index (χ1v) is 12.9. The van der Waals surface area contributed by atoms with Gasteiger partial charge in [-0.05, 0) is 42.8 Å². The standard InChI is InChI=1S/C25H19Cl2F10NOS/c1-3-15-19(26)7-14(8-20(15)27)17(24(32,33)34)9-21(28)13-4-5-16(18(6-13)25(35,36)37)22(39)38-12(2)10-40-11-23(29,30)31/h3-9,12,17H,1,10-11H2,2H3,(H,38,39)/b21-9-. The number of rotatable bonds is 9. The Balaban J connectivity index is 2.44. The summed E-state index contributed by atoms with van der Waals surface area (Å²) in [5.74, 6) is -7.17. The van der Waals surface area contributed by atoms with Crippen molar-refractivity contribution < 1.29 is 48.7 Å². The zero-order chi connectivity index (χ0) is 30.6. The number of nitrogens with one attached hydrogen (secondary N) is 1. The zero-order valence-electron chi connectivity index (χ0n) is 20.2. The third-order valence-electron chi connectivity index (χ3n) is 5.19. The van der Waals surface area contributed by atoms with Crippen molar-refractivity contribution in [2.24, 2.45) is 0 Å². The van der Waals surface area contributed by atoms with Crippen LogP contribution in [0.5, 0.6) is 0 Å². The van der Waals surface area contributed by atoms with Crippen molar-refractivity contribution in [3.8, 4) is 0 Å². The van der Waals surface area contributed by atoms with E-state index in [1.165, 1.54) is 13.0 Å². The molecule has 0 aliphatic heterocycles. The van der Waals surface area contributed by atoms with Crippen molar-refractivity contribution in [1.29, 1.82) is 0 Å². The van der Waals surface area contributed by atoms with Crippen molar-refractivity contribution >= 4 is 52.8 Å². The van der Waals surface area contributed by atoms with Crippen LogP contribution in [-0.4, -0.2) is 35.8 Å². The van der Waals surface area contributed by atoms with Crippen molar-refractivity contribution in [3.05, 3.63) is 80.8 Å². The number of thioether (sulfide) groups is 1. The molecule has 1 N–H and O–H groups in total. The number of halogens is 12. The molecule has 0 saturated carbocycles. The van der Waals surface area contributed by atoms with E-state index in [1.807, 2.05) is 0 Å². The number of hydrogen-bond acceptors (Lipinski definition) is 2. The number of allylic oxidation sites excluding steroid dienone is 1. The van der Waals surface area contributed by atoms with Crippen LogP contribution in [0.3, 0.4) is 0 Å². The summed E-state index contributed by atoms with van der Waals surface area (Å²) in [5.41, 5.74) is -4.04. The molecule has 2 unspecified atom stereocenters. The first kappa shape index (κ1) is 33.8. The van der Waals surface area contributed by atoms with Gasteiger partial charge in [-0.25, -0.2) is 4.39 Å². The monoisotopic (exact) mass is 641 g/mol. The van der Waals surface area contributed by atoms with E-state index in [2.05, 4.69) is 11.9 Å². The molecule has 40 heavy (non-hydrogen) atoms. The maximum absolute atomic E-state index is 15.0. The van der Waals surface area contributed by atoms with Gasteiger partial charge in [0.1, 0.15) is 11.7 Å². The van der Waals surface area contributed by atoms with Crippen molar-refractivity contribution in [2.75, 3.05) is 11.5 Å². The molecule has 0 fully saturated rings. The number of benzene rings is 2. The molecule has 0 aliphatic carbocycles. The van der Waals surface area contributed by atoms with E-state index in [0.717, 1.165) is 12.1 Å². The van der Waals surface area contributed by atoms with E-state index in [-0.39, 0.29) is 33.5 Å². The summed E-state index contributed by atoms with van der Waals surface area (Å²) in [6, 6.07) is 2.16. The fourth-order valence-electron chi connectivity index (χ4n) is 3.42. The maximum Gasteiger partial charge on any atom is 0.417 e. The molecule has 0 heterocycles. The molecule has 0 radical (unpaired) electrons. The van der Waals surface area contributed by atoms with Gasteiger partial charge < -0.3 is 5.32 Å². The Labute approximate surface area is 236 Å². The Morgan fingerprint density at radius 3 is 2.08 bits per heavy atom. The van der Waals surface area contributed by atoms with Gasteiger partial charge in [-0.3, -0.25) is 4.79 Å². The fourth-order valence-corrected chi connectivity index (χ4v) is 4.87. The van der Waals surface area contributed by atoms with Gasteiger partial charge in [0.15, 0.2) is 0 Å². The van der Waals surface area contributed by atoms with Gasteiger partial charge in [0, 0.05) is 33.0 Å². The van der Waals surface area contributed by atoms with Crippen molar-refractivity contribution in [2.45, 2.75) is 37.4 Å². The third-order valence-corrected chi connectivity index (χ3v) is 7.08. The largest absolute Gasteiger partial charge is 0.417 e. The highest BCUT2D eigenvalue weighted by molar-refractivity contribution is 7.99. The highest BCUT2D eigenvalue weighted by Crippen LogP contribution is 2.42. The van der Waals surface area contributed by atoms with E-state index in [0.29, 0.717) is 23.9 Å². The lowest BCUT2D eigenvalue weighted by Gasteiger charge is -2.20. The molecule has 0 aliphatic rings. The topological polar surface area (TPSA) is 29.1 Å². The van der Waals surface area contributed by atoms with Crippen LogP contribution < -0.4 is 5.32 Å². The van der Waals surface area contributed by atoms with Gasteiger partial charge >= 0.3 is 18.5 Å². The van der Waals surface area contributed by atoms with Crippen LogP contribution >= 0.6 is 35.0 Å². The van der Waals surface area contributed by atoms with Crippen molar-refractivity contribution in [3.63, 3.8) is 0 Å². The Bertz CT molecular complexity index is 1250. The zero-order valence-corrected chi connectivity index (χ0v) is 22.5. The first-order chi connectivity index (χ1) is 18.2. The molecule has 2 aromatic carbocycles. The second-order valence-corrected chi connectivity index (χ2v) is 10.2. The molecule has 220 valence electrons. The lowest BCUT2D eigenvalue weighted by atomic mass is 9.94. The van der Waals surface area contributed by atoms with E-state index >= 15 is 4.39 Å². The predicted molar refractivity (Wildman–Crippen MR) is 136 cm³/mol. The van der Waals surface area contributed by atoms with E-state index in [4.69, 9.17) is 23.2 Å². The lowest BCUT2D eigenvalue weighted by molar-refractivity contribution is -0.140. The smallest absolute Gasteiger partial charge is 0.349 e. The molecule has 2 atom stereocenters. The SMILES string of the molecule is C=Cc1c(Cl)cc(C(/C=C(\F)c2ccc(C(=O)NC(C)CSCC(F)(F)F)c(C(F)(F)F)c2)C(F)(F)F)cc1Cl. The number of hydrogen-bond donors (Lipinski definition) is 1. The molecule has 2 nitrogen and oxygen atoms in total. The molecule has 0 spiro atoms. The summed E-state index contributed by atoms with van der Waals surface area (Å²) in [5, 5.41) is 1.68. The van der Waals surface area contributed by atoms with E-state index in [1.54, 1.807) is 0 Å². The van der Waals surface area contributed by atoms with Gasteiger partial charge in [-0.1, -0.05) is 41.9 Å². The highest BCUT2D eigenvalue weighted by atomic mass is 35.5. The predicted octanol–water partition coefficient (Wildman–Crippen LogP) is 9.73. The Morgan fingerprint density at radius 1 is 1.02 bits per heavy atom. The van der Waals surface area contributed by atoms with Gasteiger partial charge in [0.2, 0.25) is 0 Å². The van der Waals surface area contributed by atoms with Gasteiger partial charge in [0.05, 0.1) is 16.9 Å². The second-order valence-electron chi connectivity index (χ2n) is 8.40. The number of amides is 1. The summed E-state index contributed by atoms with van der Waals surface area (Å²) in [7, 11) is 0.